The third-order valence-corrected chi connectivity index (χ3v) is 3.80. The molecule has 19 heavy (non-hydrogen) atoms. The van der Waals surface area contributed by atoms with Crippen LogP contribution in [0.15, 0.2) is 36.5 Å². The fourth-order valence-corrected chi connectivity index (χ4v) is 2.42. The van der Waals surface area contributed by atoms with E-state index in [0.717, 1.165) is 17.8 Å². The lowest BCUT2D eigenvalue weighted by Crippen LogP contribution is -2.23. The minimum absolute atomic E-state index is 0.103. The number of halogens is 3. The second-order valence-electron chi connectivity index (χ2n) is 4.03. The number of aromatic nitrogens is 1. The summed E-state index contributed by atoms with van der Waals surface area (Å²) in [6.07, 6.45) is 1.73. The molecule has 0 saturated heterocycles. The topological polar surface area (TPSA) is 24.9 Å². The van der Waals surface area contributed by atoms with Crippen LogP contribution in [0.25, 0.3) is 0 Å². The van der Waals surface area contributed by atoms with Gasteiger partial charge in [0.1, 0.15) is 0 Å². The second kappa shape index (κ2) is 6.58. The molecule has 2 rings (SSSR count). The Morgan fingerprint density at radius 2 is 1.89 bits per heavy atom. The highest BCUT2D eigenvalue weighted by Crippen LogP contribution is 2.30. The molecular weight excluding hydrogens is 303 g/mol. The third-order valence-electron chi connectivity index (χ3n) is 2.75. The van der Waals surface area contributed by atoms with Gasteiger partial charge in [-0.15, -0.1) is 0 Å². The maximum Gasteiger partial charge on any atom is 0.0804 e. The fraction of sp³-hybridized carbons (Fsp3) is 0.214. The maximum absolute atomic E-state index is 6.21. The average Bonchev–Trinajstić information content (AvgIpc) is 2.40. The lowest BCUT2D eigenvalue weighted by Gasteiger charge is -2.19. The monoisotopic (exact) mass is 314 g/mol. The summed E-state index contributed by atoms with van der Waals surface area (Å²) in [5.41, 5.74) is 1.77. The molecule has 1 aromatic carbocycles. The largest absolute Gasteiger partial charge is 0.305 e. The first-order valence-corrected chi connectivity index (χ1v) is 7.05. The van der Waals surface area contributed by atoms with Crippen molar-refractivity contribution in [1.29, 1.82) is 0 Å². The van der Waals surface area contributed by atoms with Gasteiger partial charge in [-0.2, -0.15) is 0 Å². The average molecular weight is 316 g/mol. The summed E-state index contributed by atoms with van der Waals surface area (Å²) in [6, 6.07) is 9.07. The summed E-state index contributed by atoms with van der Waals surface area (Å²) in [6.45, 7) is 2.82. The summed E-state index contributed by atoms with van der Waals surface area (Å²) in [4.78, 5) is 4.36. The molecule has 0 aliphatic rings. The predicted molar refractivity (Wildman–Crippen MR) is 81.2 cm³/mol. The predicted octanol–water partition coefficient (Wildman–Crippen LogP) is 4.74. The lowest BCUT2D eigenvalue weighted by atomic mass is 10.0. The van der Waals surface area contributed by atoms with Crippen LogP contribution in [0, 0.1) is 0 Å². The Bertz CT molecular complexity index is 572. The molecule has 0 aliphatic heterocycles. The number of hydrogen-bond acceptors (Lipinski definition) is 2. The summed E-state index contributed by atoms with van der Waals surface area (Å²) >= 11 is 18.2. The summed E-state index contributed by atoms with van der Waals surface area (Å²) in [7, 11) is 0. The molecule has 0 amide bonds. The second-order valence-corrected chi connectivity index (χ2v) is 5.26. The first-order valence-electron chi connectivity index (χ1n) is 5.92. The quantitative estimate of drug-likeness (QED) is 0.881. The minimum atomic E-state index is -0.103. The van der Waals surface area contributed by atoms with Crippen LogP contribution in [-0.4, -0.2) is 11.5 Å². The molecule has 0 aliphatic carbocycles. The van der Waals surface area contributed by atoms with Gasteiger partial charge >= 0.3 is 0 Å². The number of pyridine rings is 1. The van der Waals surface area contributed by atoms with Crippen molar-refractivity contribution < 1.29 is 0 Å². The minimum Gasteiger partial charge on any atom is -0.305 e. The van der Waals surface area contributed by atoms with E-state index in [-0.39, 0.29) is 6.04 Å². The lowest BCUT2D eigenvalue weighted by molar-refractivity contribution is 0.616. The molecule has 5 heteroatoms. The van der Waals surface area contributed by atoms with Gasteiger partial charge in [-0.1, -0.05) is 47.8 Å². The fourth-order valence-electron chi connectivity index (χ4n) is 1.88. The standard InChI is InChI=1S/C14H13Cl3N2/c1-2-18-13(14-11(16)4-3-7-19-14)9-5-6-10(15)12(17)8-9/h3-8,13,18H,2H2,1H3. The van der Waals surface area contributed by atoms with Gasteiger partial charge in [0.05, 0.1) is 26.8 Å². The highest BCUT2D eigenvalue weighted by Gasteiger charge is 2.18. The van der Waals surface area contributed by atoms with E-state index in [0.29, 0.717) is 15.1 Å². The molecule has 1 aromatic heterocycles. The maximum atomic E-state index is 6.21. The molecule has 0 fully saturated rings. The Balaban J connectivity index is 2.45. The van der Waals surface area contributed by atoms with Gasteiger partial charge in [0.25, 0.3) is 0 Å². The van der Waals surface area contributed by atoms with Crippen molar-refractivity contribution in [3.05, 3.63) is 62.9 Å². The van der Waals surface area contributed by atoms with E-state index in [1.807, 2.05) is 31.2 Å². The van der Waals surface area contributed by atoms with Crippen LogP contribution in [0.2, 0.25) is 15.1 Å². The molecule has 0 bridgehead atoms. The number of nitrogens with zero attached hydrogens (tertiary/aromatic N) is 1. The Hall–Kier alpha value is -0.800. The van der Waals surface area contributed by atoms with Crippen molar-refractivity contribution in [2.24, 2.45) is 0 Å². The number of benzene rings is 1. The van der Waals surface area contributed by atoms with Gasteiger partial charge in [0, 0.05) is 6.20 Å². The van der Waals surface area contributed by atoms with E-state index in [1.165, 1.54) is 0 Å². The third kappa shape index (κ3) is 3.40. The molecule has 2 nitrogen and oxygen atoms in total. The van der Waals surface area contributed by atoms with E-state index in [4.69, 9.17) is 34.8 Å². The molecule has 100 valence electrons. The summed E-state index contributed by atoms with van der Waals surface area (Å²) in [5.74, 6) is 0. The van der Waals surface area contributed by atoms with Crippen molar-refractivity contribution in [3.63, 3.8) is 0 Å². The van der Waals surface area contributed by atoms with E-state index in [2.05, 4.69) is 10.3 Å². The molecule has 1 N–H and O–H groups in total. The number of hydrogen-bond donors (Lipinski definition) is 1. The molecular formula is C14H13Cl3N2. The first kappa shape index (κ1) is 14.6. The number of rotatable bonds is 4. The van der Waals surface area contributed by atoms with Crippen LogP contribution < -0.4 is 5.32 Å². The van der Waals surface area contributed by atoms with Crippen LogP contribution in [0.3, 0.4) is 0 Å². The van der Waals surface area contributed by atoms with Crippen LogP contribution in [0.4, 0.5) is 0 Å². The van der Waals surface area contributed by atoms with Crippen molar-refractivity contribution in [2.45, 2.75) is 13.0 Å². The zero-order chi connectivity index (χ0) is 13.8. The van der Waals surface area contributed by atoms with Gasteiger partial charge in [-0.3, -0.25) is 4.98 Å². The molecule has 1 atom stereocenters. The Labute approximate surface area is 127 Å². The first-order chi connectivity index (χ1) is 9.13. The van der Waals surface area contributed by atoms with Crippen molar-refractivity contribution in [1.82, 2.24) is 10.3 Å². The Kier molecular flexibility index (Phi) is 5.06. The molecule has 0 saturated carbocycles. The van der Waals surface area contributed by atoms with E-state index >= 15 is 0 Å². The van der Waals surface area contributed by atoms with Gasteiger partial charge in [0.2, 0.25) is 0 Å². The van der Waals surface area contributed by atoms with Crippen LogP contribution in [-0.2, 0) is 0 Å². The highest BCUT2D eigenvalue weighted by molar-refractivity contribution is 6.42. The van der Waals surface area contributed by atoms with Gasteiger partial charge in [0.15, 0.2) is 0 Å². The molecule has 1 unspecified atom stereocenters. The molecule has 1 heterocycles. The van der Waals surface area contributed by atoms with Crippen molar-refractivity contribution in [3.8, 4) is 0 Å². The van der Waals surface area contributed by atoms with Crippen LogP contribution in [0.1, 0.15) is 24.2 Å². The zero-order valence-corrected chi connectivity index (χ0v) is 12.6. The van der Waals surface area contributed by atoms with Crippen LogP contribution in [0.5, 0.6) is 0 Å². The Morgan fingerprint density at radius 1 is 1.11 bits per heavy atom. The molecule has 2 aromatic rings. The molecule has 0 spiro atoms. The normalized spacial score (nSPS) is 12.4. The van der Waals surface area contributed by atoms with Gasteiger partial charge in [-0.25, -0.2) is 0 Å². The Morgan fingerprint density at radius 3 is 2.53 bits per heavy atom. The SMILES string of the molecule is CCNC(c1ccc(Cl)c(Cl)c1)c1ncccc1Cl. The van der Waals surface area contributed by atoms with E-state index < -0.39 is 0 Å². The van der Waals surface area contributed by atoms with Gasteiger partial charge < -0.3 is 5.32 Å². The zero-order valence-electron chi connectivity index (χ0n) is 10.3. The molecule has 0 radical (unpaired) electrons. The van der Waals surface area contributed by atoms with E-state index in [1.54, 1.807) is 12.3 Å². The van der Waals surface area contributed by atoms with E-state index in [9.17, 15) is 0 Å². The highest BCUT2D eigenvalue weighted by atomic mass is 35.5. The summed E-state index contributed by atoms with van der Waals surface area (Å²) < 4.78 is 0. The van der Waals surface area contributed by atoms with Gasteiger partial charge in [-0.05, 0) is 36.4 Å². The van der Waals surface area contributed by atoms with Crippen molar-refractivity contribution >= 4 is 34.8 Å². The van der Waals surface area contributed by atoms with Crippen molar-refractivity contribution in [2.75, 3.05) is 6.54 Å². The van der Waals surface area contributed by atoms with Crippen LogP contribution >= 0.6 is 34.8 Å². The number of nitrogens with one attached hydrogen (secondary N) is 1. The smallest absolute Gasteiger partial charge is 0.0804 e. The summed E-state index contributed by atoms with van der Waals surface area (Å²) in [5, 5.41) is 5.04.